The van der Waals surface area contributed by atoms with E-state index in [1.54, 1.807) is 25.6 Å². The number of piperidine rings is 1. The number of fused-ring (bicyclic) bond motifs is 1. The number of benzene rings is 1. The van der Waals surface area contributed by atoms with Crippen molar-refractivity contribution in [3.8, 4) is 17.6 Å². The molecule has 2 atom stereocenters. The molecule has 0 radical (unpaired) electrons. The van der Waals surface area contributed by atoms with E-state index in [2.05, 4.69) is 31.7 Å². The van der Waals surface area contributed by atoms with Crippen LogP contribution in [0.15, 0.2) is 48.9 Å². The Bertz CT molecular complexity index is 1160. The molecule has 0 aliphatic carbocycles. The number of carboxylic acids is 1. The summed E-state index contributed by atoms with van der Waals surface area (Å²) in [5.74, 6) is 6.41. The van der Waals surface area contributed by atoms with Gasteiger partial charge in [0, 0.05) is 30.5 Å². The minimum Gasteiger partial charge on any atom is -0.497 e. The Morgan fingerprint density at radius 1 is 1.21 bits per heavy atom. The monoisotopic (exact) mass is 444 g/mol. The third kappa shape index (κ3) is 5.85. The molecular weight excluding hydrogens is 416 g/mol. The number of carbonyl (C=O) groups is 1. The number of methoxy groups -OCH3 is 1. The second-order valence-electron chi connectivity index (χ2n) is 8.35. The van der Waals surface area contributed by atoms with Gasteiger partial charge in [-0.15, -0.1) is 0 Å². The summed E-state index contributed by atoms with van der Waals surface area (Å²) < 4.78 is 5.37. The summed E-state index contributed by atoms with van der Waals surface area (Å²) >= 11 is 0. The van der Waals surface area contributed by atoms with Crippen molar-refractivity contribution in [3.05, 3.63) is 60.3 Å². The van der Waals surface area contributed by atoms with Gasteiger partial charge in [-0.05, 0) is 80.0 Å². The summed E-state index contributed by atoms with van der Waals surface area (Å²) in [6, 6.07) is 9.72. The van der Waals surface area contributed by atoms with E-state index in [1.165, 1.54) is 5.56 Å². The molecule has 0 bridgehead atoms. The van der Waals surface area contributed by atoms with Crippen molar-refractivity contribution >= 4 is 16.9 Å². The summed E-state index contributed by atoms with van der Waals surface area (Å²) in [5, 5.41) is 10.9. The van der Waals surface area contributed by atoms with Crippen molar-refractivity contribution in [3.63, 3.8) is 0 Å². The topological polar surface area (TPSA) is 88.4 Å². The largest absolute Gasteiger partial charge is 0.497 e. The summed E-state index contributed by atoms with van der Waals surface area (Å²) in [4.78, 5) is 26.7. The van der Waals surface area contributed by atoms with Crippen molar-refractivity contribution in [2.45, 2.75) is 25.7 Å². The highest BCUT2D eigenvalue weighted by molar-refractivity contribution is 5.83. The minimum atomic E-state index is -0.719. The van der Waals surface area contributed by atoms with Crippen molar-refractivity contribution < 1.29 is 14.6 Å². The van der Waals surface area contributed by atoms with E-state index in [0.29, 0.717) is 18.9 Å². The Balaban J connectivity index is 1.34. The van der Waals surface area contributed by atoms with Crippen LogP contribution in [0, 0.1) is 23.7 Å². The summed E-state index contributed by atoms with van der Waals surface area (Å²) in [7, 11) is 1.66. The lowest BCUT2D eigenvalue weighted by molar-refractivity contribution is -0.146. The number of hydrogen-bond donors (Lipinski definition) is 1. The van der Waals surface area contributed by atoms with Crippen LogP contribution in [0.2, 0.25) is 0 Å². The van der Waals surface area contributed by atoms with Crippen LogP contribution in [0.5, 0.6) is 5.75 Å². The molecule has 0 saturated carbocycles. The third-order valence-corrected chi connectivity index (χ3v) is 6.29. The maximum Gasteiger partial charge on any atom is 0.308 e. The Morgan fingerprint density at radius 2 is 2.06 bits per heavy atom. The second kappa shape index (κ2) is 10.9. The number of aliphatic carboxylic acids is 1. The molecule has 7 nitrogen and oxygen atoms in total. The molecule has 33 heavy (non-hydrogen) atoms. The fourth-order valence-corrected chi connectivity index (χ4v) is 4.51. The first-order valence-electron chi connectivity index (χ1n) is 11.3. The first-order chi connectivity index (χ1) is 16.1. The molecule has 170 valence electrons. The Hall–Kier alpha value is -3.50. The molecule has 2 aromatic heterocycles. The van der Waals surface area contributed by atoms with Crippen LogP contribution < -0.4 is 4.74 Å². The molecule has 0 unspecified atom stereocenters. The normalized spacial score (nSPS) is 18.5. The summed E-state index contributed by atoms with van der Waals surface area (Å²) in [5.41, 5.74) is 2.17. The van der Waals surface area contributed by atoms with E-state index >= 15 is 0 Å². The van der Waals surface area contributed by atoms with Gasteiger partial charge in [-0.3, -0.25) is 14.7 Å². The molecule has 1 aromatic carbocycles. The van der Waals surface area contributed by atoms with E-state index in [-0.39, 0.29) is 11.8 Å². The third-order valence-electron chi connectivity index (χ3n) is 6.29. The molecule has 1 N–H and O–H groups in total. The molecule has 0 amide bonds. The average Bonchev–Trinajstić information content (AvgIpc) is 2.85. The maximum atomic E-state index is 12.0. The van der Waals surface area contributed by atoms with Crippen LogP contribution in [0.3, 0.4) is 0 Å². The van der Waals surface area contributed by atoms with Crippen LogP contribution >= 0.6 is 0 Å². The van der Waals surface area contributed by atoms with E-state index in [4.69, 9.17) is 4.74 Å². The zero-order valence-electron chi connectivity index (χ0n) is 18.8. The Kier molecular flexibility index (Phi) is 7.48. The van der Waals surface area contributed by atoms with Crippen molar-refractivity contribution in [2.24, 2.45) is 11.8 Å². The molecule has 1 aliphatic rings. The van der Waals surface area contributed by atoms with Crippen molar-refractivity contribution in [1.82, 2.24) is 19.9 Å². The average molecular weight is 445 g/mol. The van der Waals surface area contributed by atoms with Crippen LogP contribution in [-0.4, -0.2) is 57.7 Å². The predicted molar refractivity (Wildman–Crippen MR) is 126 cm³/mol. The quantitative estimate of drug-likeness (QED) is 0.559. The molecule has 4 rings (SSSR count). The maximum absolute atomic E-state index is 12.0. The number of carboxylic acid groups (broad SMARTS) is 1. The molecule has 0 spiro atoms. The molecule has 1 saturated heterocycles. The lowest BCUT2D eigenvalue weighted by Gasteiger charge is -2.35. The lowest BCUT2D eigenvalue weighted by atomic mass is 9.81. The van der Waals surface area contributed by atoms with Gasteiger partial charge < -0.3 is 9.84 Å². The standard InChI is InChI=1S/C26H28N4O3/c1-33-21-8-9-24-22(17-21)19(10-14-27-24)5-2-6-20-11-16-30(18-23(20)26(31)32)15-3-7-25-28-12-4-13-29-25/h4,8-10,12-14,17,20,23H,2,5-6,11,15-16,18H2,1H3,(H,31,32)/t20-,23+/m1/s1. The fraction of sp³-hybridized carbons (Fsp3) is 0.385. The number of likely N-dealkylation sites (tertiary alicyclic amines) is 1. The van der Waals surface area contributed by atoms with Gasteiger partial charge in [0.1, 0.15) is 5.75 Å². The zero-order chi connectivity index (χ0) is 23.0. The van der Waals surface area contributed by atoms with Crippen LogP contribution in [0.1, 0.15) is 30.7 Å². The Morgan fingerprint density at radius 3 is 2.85 bits per heavy atom. The van der Waals surface area contributed by atoms with Gasteiger partial charge in [-0.25, -0.2) is 9.97 Å². The molecule has 3 aromatic rings. The zero-order valence-corrected chi connectivity index (χ0v) is 18.8. The molecular formula is C26H28N4O3. The minimum absolute atomic E-state index is 0.173. The number of nitrogens with zero attached hydrogens (tertiary/aromatic N) is 4. The number of hydrogen-bond acceptors (Lipinski definition) is 6. The second-order valence-corrected chi connectivity index (χ2v) is 8.35. The number of ether oxygens (including phenoxy) is 1. The number of aryl methyl sites for hydroxylation is 1. The smallest absolute Gasteiger partial charge is 0.308 e. The van der Waals surface area contributed by atoms with E-state index in [9.17, 15) is 9.90 Å². The number of pyridine rings is 1. The highest BCUT2D eigenvalue weighted by Gasteiger charge is 2.33. The lowest BCUT2D eigenvalue weighted by Crippen LogP contribution is -2.44. The van der Waals surface area contributed by atoms with Crippen LogP contribution in [-0.2, 0) is 11.2 Å². The highest BCUT2D eigenvalue weighted by Crippen LogP contribution is 2.30. The molecule has 1 aliphatic heterocycles. The van der Waals surface area contributed by atoms with Crippen molar-refractivity contribution in [1.29, 1.82) is 0 Å². The predicted octanol–water partition coefficient (Wildman–Crippen LogP) is 3.43. The van der Waals surface area contributed by atoms with Gasteiger partial charge in [-0.2, -0.15) is 0 Å². The van der Waals surface area contributed by atoms with Gasteiger partial charge in [0.25, 0.3) is 0 Å². The highest BCUT2D eigenvalue weighted by atomic mass is 16.5. The number of aromatic nitrogens is 3. The molecule has 7 heteroatoms. The van der Waals surface area contributed by atoms with Gasteiger partial charge >= 0.3 is 5.97 Å². The fourth-order valence-electron chi connectivity index (χ4n) is 4.51. The SMILES string of the molecule is COc1ccc2nccc(CCC[C@@H]3CCN(CC#Cc4ncccn4)C[C@@H]3C(=O)O)c2c1. The first kappa shape index (κ1) is 22.7. The summed E-state index contributed by atoms with van der Waals surface area (Å²) in [6.45, 7) is 1.91. The van der Waals surface area contributed by atoms with Crippen molar-refractivity contribution in [2.75, 3.05) is 26.7 Å². The molecule has 1 fully saturated rings. The van der Waals surface area contributed by atoms with Gasteiger partial charge in [0.15, 0.2) is 0 Å². The van der Waals surface area contributed by atoms with Crippen LogP contribution in [0.25, 0.3) is 10.9 Å². The van der Waals surface area contributed by atoms with Gasteiger partial charge in [0.05, 0.1) is 25.1 Å². The van der Waals surface area contributed by atoms with E-state index in [0.717, 1.165) is 48.9 Å². The number of rotatable bonds is 7. The van der Waals surface area contributed by atoms with Gasteiger partial charge in [0.2, 0.25) is 5.82 Å². The first-order valence-corrected chi connectivity index (χ1v) is 11.3. The van der Waals surface area contributed by atoms with E-state index < -0.39 is 5.97 Å². The molecule has 3 heterocycles. The Labute approximate surface area is 193 Å². The van der Waals surface area contributed by atoms with E-state index in [1.807, 2.05) is 30.5 Å². The van der Waals surface area contributed by atoms with Gasteiger partial charge in [-0.1, -0.05) is 5.92 Å². The summed E-state index contributed by atoms with van der Waals surface area (Å²) in [6.07, 6.45) is 8.75. The van der Waals surface area contributed by atoms with Crippen LogP contribution in [0.4, 0.5) is 0 Å².